The summed E-state index contributed by atoms with van der Waals surface area (Å²) in [5, 5.41) is 9.14. The van der Waals surface area contributed by atoms with Crippen molar-refractivity contribution in [2.75, 3.05) is 6.61 Å². The van der Waals surface area contributed by atoms with Crippen LogP contribution in [0.2, 0.25) is 0 Å². The van der Waals surface area contributed by atoms with Gasteiger partial charge >= 0.3 is 0 Å². The van der Waals surface area contributed by atoms with Gasteiger partial charge in [-0.2, -0.15) is 0 Å². The summed E-state index contributed by atoms with van der Waals surface area (Å²) in [5.74, 6) is 0. The molecule has 0 aliphatic carbocycles. The summed E-state index contributed by atoms with van der Waals surface area (Å²) in [7, 11) is 0. The molecule has 1 nitrogen and oxygen atoms in total. The smallest absolute Gasteiger partial charge is 0.0621 e. The lowest BCUT2D eigenvalue weighted by Gasteiger charge is -2.08. The molecule has 0 heterocycles. The Morgan fingerprint density at radius 1 is 0.941 bits per heavy atom. The lowest BCUT2D eigenvalue weighted by atomic mass is 9.98. The predicted octanol–water partition coefficient (Wildman–Crippen LogP) is 3.72. The Hall–Kier alpha value is -1.13. The zero-order valence-electron chi connectivity index (χ0n) is 9.31. The Morgan fingerprint density at radius 3 is 2.12 bits per heavy atom. The van der Waals surface area contributed by atoms with E-state index in [2.05, 4.69) is 59.0 Å². The van der Waals surface area contributed by atoms with Crippen LogP contribution in [0, 0.1) is 3.57 Å². The third-order valence-corrected chi connectivity index (χ3v) is 3.25. The molecule has 0 saturated heterocycles. The molecule has 1 N–H and O–H groups in total. The van der Waals surface area contributed by atoms with E-state index < -0.39 is 0 Å². The first kappa shape index (κ1) is 12.3. The fraction of sp³-hybridized carbons (Fsp3) is 0.0667. The minimum Gasteiger partial charge on any atom is -0.392 e. The van der Waals surface area contributed by atoms with Crippen LogP contribution in [0.3, 0.4) is 0 Å². The third-order valence-electron chi connectivity index (χ3n) is 2.54. The van der Waals surface area contributed by atoms with Crippen molar-refractivity contribution in [3.8, 4) is 0 Å². The Bertz CT molecular complexity index is 500. The van der Waals surface area contributed by atoms with E-state index in [0.29, 0.717) is 0 Å². The van der Waals surface area contributed by atoms with Crippen molar-refractivity contribution in [2.45, 2.75) is 0 Å². The second-order valence-electron chi connectivity index (χ2n) is 3.67. The monoisotopic (exact) mass is 336 g/mol. The van der Waals surface area contributed by atoms with Crippen LogP contribution < -0.4 is 0 Å². The van der Waals surface area contributed by atoms with Crippen molar-refractivity contribution in [2.24, 2.45) is 0 Å². The summed E-state index contributed by atoms with van der Waals surface area (Å²) in [5.41, 5.74) is 3.33. The molecule has 0 bridgehead atoms. The number of aliphatic hydroxyl groups excluding tert-OH is 1. The Labute approximate surface area is 115 Å². The molecule has 0 unspecified atom stereocenters. The first-order valence-electron chi connectivity index (χ1n) is 5.43. The average molecular weight is 336 g/mol. The van der Waals surface area contributed by atoms with E-state index in [-0.39, 0.29) is 6.61 Å². The van der Waals surface area contributed by atoms with Gasteiger partial charge < -0.3 is 5.11 Å². The van der Waals surface area contributed by atoms with E-state index in [1.54, 1.807) is 0 Å². The van der Waals surface area contributed by atoms with E-state index >= 15 is 0 Å². The SMILES string of the molecule is OCC=C(c1ccccc1)c1ccc(I)cc1. The first-order chi connectivity index (χ1) is 8.31. The molecule has 0 fully saturated rings. The maximum atomic E-state index is 9.14. The van der Waals surface area contributed by atoms with Crippen molar-refractivity contribution in [3.05, 3.63) is 75.4 Å². The van der Waals surface area contributed by atoms with E-state index in [9.17, 15) is 0 Å². The molecule has 2 heteroatoms. The van der Waals surface area contributed by atoms with Crippen LogP contribution in [0.4, 0.5) is 0 Å². The topological polar surface area (TPSA) is 20.2 Å². The quantitative estimate of drug-likeness (QED) is 0.847. The lowest BCUT2D eigenvalue weighted by Crippen LogP contribution is -1.90. The van der Waals surface area contributed by atoms with E-state index in [1.165, 1.54) is 3.57 Å². The zero-order valence-corrected chi connectivity index (χ0v) is 11.5. The molecule has 2 aromatic carbocycles. The van der Waals surface area contributed by atoms with Crippen molar-refractivity contribution in [1.29, 1.82) is 0 Å². The van der Waals surface area contributed by atoms with Crippen LogP contribution >= 0.6 is 22.6 Å². The van der Waals surface area contributed by atoms with Gasteiger partial charge in [0.1, 0.15) is 0 Å². The lowest BCUT2D eigenvalue weighted by molar-refractivity contribution is 0.343. The minimum atomic E-state index is 0.0518. The van der Waals surface area contributed by atoms with Gasteiger partial charge in [0.15, 0.2) is 0 Å². The van der Waals surface area contributed by atoms with Crippen molar-refractivity contribution in [3.63, 3.8) is 0 Å². The number of halogens is 1. The molecule has 0 aliphatic rings. The highest BCUT2D eigenvalue weighted by Crippen LogP contribution is 2.23. The first-order valence-corrected chi connectivity index (χ1v) is 6.51. The standard InChI is InChI=1S/C15H13IO/c16-14-8-6-13(7-9-14)15(10-11-17)12-4-2-1-3-5-12/h1-10,17H,11H2. The second kappa shape index (κ2) is 5.98. The summed E-state index contributed by atoms with van der Waals surface area (Å²) in [6.07, 6.45) is 1.84. The zero-order chi connectivity index (χ0) is 12.1. The Balaban J connectivity index is 2.44. The number of hydrogen-bond donors (Lipinski definition) is 1. The second-order valence-corrected chi connectivity index (χ2v) is 4.92. The maximum Gasteiger partial charge on any atom is 0.0621 e. The van der Waals surface area contributed by atoms with Gasteiger partial charge in [-0.25, -0.2) is 0 Å². The number of rotatable bonds is 3. The molecule has 0 aromatic heterocycles. The molecular weight excluding hydrogens is 323 g/mol. The van der Waals surface area contributed by atoms with E-state index in [1.807, 2.05) is 24.3 Å². The van der Waals surface area contributed by atoms with Crippen LogP contribution in [0.25, 0.3) is 5.57 Å². The summed E-state index contributed by atoms with van der Waals surface area (Å²) >= 11 is 2.29. The molecule has 2 aromatic rings. The van der Waals surface area contributed by atoms with Crippen LogP contribution in [0.1, 0.15) is 11.1 Å². The molecule has 0 saturated carbocycles. The van der Waals surface area contributed by atoms with Crippen molar-refractivity contribution < 1.29 is 5.11 Å². The normalized spacial score (nSPS) is 11.5. The van der Waals surface area contributed by atoms with Crippen molar-refractivity contribution >= 4 is 28.2 Å². The predicted molar refractivity (Wildman–Crippen MR) is 79.8 cm³/mol. The van der Waals surface area contributed by atoms with Crippen LogP contribution in [-0.4, -0.2) is 11.7 Å². The van der Waals surface area contributed by atoms with Gasteiger partial charge in [-0.1, -0.05) is 48.5 Å². The summed E-state index contributed by atoms with van der Waals surface area (Å²) in [4.78, 5) is 0. The van der Waals surface area contributed by atoms with Gasteiger partial charge in [-0.15, -0.1) is 0 Å². The molecule has 0 atom stereocenters. The maximum absolute atomic E-state index is 9.14. The number of benzene rings is 2. The van der Waals surface area contributed by atoms with Gasteiger partial charge in [0.2, 0.25) is 0 Å². The highest BCUT2D eigenvalue weighted by Gasteiger charge is 2.03. The minimum absolute atomic E-state index is 0.0518. The largest absolute Gasteiger partial charge is 0.392 e. The molecule has 2 rings (SSSR count). The van der Waals surface area contributed by atoms with Gasteiger partial charge in [0.25, 0.3) is 0 Å². The third kappa shape index (κ3) is 3.17. The highest BCUT2D eigenvalue weighted by molar-refractivity contribution is 14.1. The van der Waals surface area contributed by atoms with Crippen LogP contribution in [0.5, 0.6) is 0 Å². The Morgan fingerprint density at radius 2 is 1.53 bits per heavy atom. The molecular formula is C15H13IO. The van der Waals surface area contributed by atoms with E-state index in [4.69, 9.17) is 5.11 Å². The molecule has 0 amide bonds. The van der Waals surface area contributed by atoms with Crippen LogP contribution in [-0.2, 0) is 0 Å². The molecule has 0 spiro atoms. The van der Waals surface area contributed by atoms with Crippen LogP contribution in [0.15, 0.2) is 60.7 Å². The van der Waals surface area contributed by atoms with Crippen molar-refractivity contribution in [1.82, 2.24) is 0 Å². The fourth-order valence-electron chi connectivity index (χ4n) is 1.74. The van der Waals surface area contributed by atoms with Gasteiger partial charge in [-0.3, -0.25) is 0 Å². The van der Waals surface area contributed by atoms with Gasteiger partial charge in [-0.05, 0) is 51.4 Å². The van der Waals surface area contributed by atoms with E-state index in [0.717, 1.165) is 16.7 Å². The van der Waals surface area contributed by atoms with Gasteiger partial charge in [0, 0.05) is 3.57 Å². The Kier molecular flexibility index (Phi) is 4.34. The molecule has 0 radical (unpaired) electrons. The van der Waals surface area contributed by atoms with Gasteiger partial charge in [0.05, 0.1) is 6.61 Å². The summed E-state index contributed by atoms with van der Waals surface area (Å²) in [6, 6.07) is 18.4. The number of hydrogen-bond acceptors (Lipinski definition) is 1. The average Bonchev–Trinajstić information content (AvgIpc) is 2.38. The molecule has 86 valence electrons. The molecule has 0 aliphatic heterocycles. The highest BCUT2D eigenvalue weighted by atomic mass is 127. The fourth-order valence-corrected chi connectivity index (χ4v) is 2.10. The number of aliphatic hydroxyl groups is 1. The molecule has 17 heavy (non-hydrogen) atoms. The summed E-state index contributed by atoms with van der Waals surface area (Å²) < 4.78 is 1.21. The summed E-state index contributed by atoms with van der Waals surface area (Å²) in [6.45, 7) is 0.0518.